The molecule has 2 aromatic rings. The van der Waals surface area contributed by atoms with Gasteiger partial charge in [-0.05, 0) is 25.1 Å². The van der Waals surface area contributed by atoms with Gasteiger partial charge in [0.15, 0.2) is 17.3 Å². The molecule has 1 aromatic heterocycles. The first kappa shape index (κ1) is 12.5. The van der Waals surface area contributed by atoms with Crippen LogP contribution in [0.3, 0.4) is 0 Å². The molecule has 0 saturated heterocycles. The zero-order chi connectivity index (χ0) is 13.1. The summed E-state index contributed by atoms with van der Waals surface area (Å²) < 4.78 is 20.8. The quantitative estimate of drug-likeness (QED) is 0.863. The lowest BCUT2D eigenvalue weighted by Crippen LogP contribution is -2.09. The van der Waals surface area contributed by atoms with Crippen LogP contribution in [0.4, 0.5) is 4.39 Å². The molecule has 0 radical (unpaired) electrons. The van der Waals surface area contributed by atoms with Gasteiger partial charge in [0.05, 0.1) is 12.4 Å². The van der Waals surface area contributed by atoms with Crippen LogP contribution < -0.4 is 10.5 Å². The number of ether oxygens (including phenoxy) is 1. The van der Waals surface area contributed by atoms with E-state index in [2.05, 4.69) is 5.10 Å². The van der Waals surface area contributed by atoms with Crippen LogP contribution in [0.25, 0.3) is 0 Å². The lowest BCUT2D eigenvalue weighted by Gasteiger charge is -2.05. The minimum atomic E-state index is -0.510. The summed E-state index contributed by atoms with van der Waals surface area (Å²) in [5, 5.41) is 4.03. The third-order valence-electron chi connectivity index (χ3n) is 2.38. The first-order valence-corrected chi connectivity index (χ1v) is 5.80. The summed E-state index contributed by atoms with van der Waals surface area (Å²) in [6, 6.07) is 4.36. The van der Waals surface area contributed by atoms with Crippen molar-refractivity contribution in [2.24, 2.45) is 5.73 Å². The Labute approximate surface area is 109 Å². The predicted molar refractivity (Wildman–Crippen MR) is 70.3 cm³/mol. The van der Waals surface area contributed by atoms with Crippen LogP contribution in [0.1, 0.15) is 12.5 Å². The van der Waals surface area contributed by atoms with Gasteiger partial charge in [-0.1, -0.05) is 12.2 Å². The monoisotopic (exact) mass is 265 g/mol. The fourth-order valence-corrected chi connectivity index (χ4v) is 1.56. The second kappa shape index (κ2) is 5.14. The van der Waals surface area contributed by atoms with Crippen molar-refractivity contribution in [3.63, 3.8) is 0 Å². The van der Waals surface area contributed by atoms with E-state index >= 15 is 0 Å². The zero-order valence-corrected chi connectivity index (χ0v) is 10.6. The van der Waals surface area contributed by atoms with Gasteiger partial charge in [0.2, 0.25) is 0 Å². The molecular formula is C12H12FN3OS. The molecule has 0 bridgehead atoms. The van der Waals surface area contributed by atoms with Gasteiger partial charge in [0.1, 0.15) is 4.99 Å². The van der Waals surface area contributed by atoms with Crippen molar-refractivity contribution >= 4 is 17.2 Å². The lowest BCUT2D eigenvalue weighted by atomic mass is 10.2. The fraction of sp³-hybridized carbons (Fsp3) is 0.167. The number of rotatable bonds is 4. The van der Waals surface area contributed by atoms with E-state index in [-0.39, 0.29) is 10.7 Å². The highest BCUT2D eigenvalue weighted by Gasteiger charge is 2.08. The van der Waals surface area contributed by atoms with Crippen molar-refractivity contribution in [1.29, 1.82) is 0 Å². The molecule has 1 aromatic carbocycles. The summed E-state index contributed by atoms with van der Waals surface area (Å²) in [5.41, 5.74) is 5.89. The maximum Gasteiger partial charge on any atom is 0.166 e. The van der Waals surface area contributed by atoms with Gasteiger partial charge in [-0.3, -0.25) is 4.68 Å². The van der Waals surface area contributed by atoms with Crippen molar-refractivity contribution in [2.45, 2.75) is 13.5 Å². The van der Waals surface area contributed by atoms with Crippen molar-refractivity contribution < 1.29 is 9.13 Å². The van der Waals surface area contributed by atoms with E-state index in [9.17, 15) is 4.39 Å². The van der Waals surface area contributed by atoms with Crippen LogP contribution in [-0.4, -0.2) is 14.8 Å². The topological polar surface area (TPSA) is 53.1 Å². The van der Waals surface area contributed by atoms with E-state index in [1.165, 1.54) is 18.3 Å². The molecule has 4 nitrogen and oxygen atoms in total. The number of nitrogens with two attached hydrogens (primary N) is 1. The van der Waals surface area contributed by atoms with E-state index in [0.29, 0.717) is 11.3 Å². The summed E-state index contributed by atoms with van der Waals surface area (Å²) in [7, 11) is 0. The summed E-state index contributed by atoms with van der Waals surface area (Å²) >= 11 is 4.77. The Morgan fingerprint density at radius 3 is 2.89 bits per heavy atom. The largest absolute Gasteiger partial charge is 0.451 e. The van der Waals surface area contributed by atoms with Gasteiger partial charge in [-0.25, -0.2) is 4.39 Å². The Morgan fingerprint density at radius 1 is 1.56 bits per heavy atom. The molecule has 0 aliphatic carbocycles. The second-order valence-electron chi connectivity index (χ2n) is 3.64. The Hall–Kier alpha value is -1.95. The molecule has 0 fully saturated rings. The molecule has 18 heavy (non-hydrogen) atoms. The third kappa shape index (κ3) is 2.65. The van der Waals surface area contributed by atoms with Crippen LogP contribution in [0.5, 0.6) is 11.5 Å². The Balaban J connectivity index is 2.21. The van der Waals surface area contributed by atoms with Gasteiger partial charge in [-0.2, -0.15) is 5.10 Å². The standard InChI is InChI=1S/C12H12FN3OS/c1-2-16-7-9(6-15-16)17-11-4-3-8(12(14)18)5-10(11)13/h3-7H,2H2,1H3,(H2,14,18). The summed E-state index contributed by atoms with van der Waals surface area (Å²) in [6.07, 6.45) is 3.23. The molecule has 1 heterocycles. The van der Waals surface area contributed by atoms with Gasteiger partial charge in [0.25, 0.3) is 0 Å². The summed E-state index contributed by atoms with van der Waals surface area (Å²) in [4.78, 5) is 0.152. The number of thiocarbonyl (C=S) groups is 1. The molecule has 0 unspecified atom stereocenters. The van der Waals surface area contributed by atoms with E-state index in [4.69, 9.17) is 22.7 Å². The zero-order valence-electron chi connectivity index (χ0n) is 9.76. The van der Waals surface area contributed by atoms with Gasteiger partial charge < -0.3 is 10.5 Å². The van der Waals surface area contributed by atoms with Gasteiger partial charge in [-0.15, -0.1) is 0 Å². The maximum atomic E-state index is 13.7. The van der Waals surface area contributed by atoms with E-state index < -0.39 is 5.82 Å². The smallest absolute Gasteiger partial charge is 0.166 e. The van der Waals surface area contributed by atoms with E-state index in [0.717, 1.165) is 6.54 Å². The normalized spacial score (nSPS) is 10.3. The lowest BCUT2D eigenvalue weighted by molar-refractivity contribution is 0.441. The van der Waals surface area contributed by atoms with E-state index in [1.807, 2.05) is 6.92 Å². The van der Waals surface area contributed by atoms with Crippen molar-refractivity contribution in [3.05, 3.63) is 42.0 Å². The van der Waals surface area contributed by atoms with Crippen molar-refractivity contribution in [2.75, 3.05) is 0 Å². The number of aromatic nitrogens is 2. The molecule has 2 rings (SSSR count). The average Bonchev–Trinajstić information content (AvgIpc) is 2.79. The molecule has 0 amide bonds. The SMILES string of the molecule is CCn1cc(Oc2ccc(C(N)=S)cc2F)cn1. The van der Waals surface area contributed by atoms with E-state index in [1.54, 1.807) is 16.9 Å². The fourth-order valence-electron chi connectivity index (χ4n) is 1.43. The molecule has 6 heteroatoms. The number of benzene rings is 1. The molecule has 0 spiro atoms. The van der Waals surface area contributed by atoms with Crippen molar-refractivity contribution in [3.8, 4) is 11.5 Å². The Bertz CT molecular complexity index is 582. The van der Waals surface area contributed by atoms with Gasteiger partial charge >= 0.3 is 0 Å². The highest BCUT2D eigenvalue weighted by atomic mass is 32.1. The minimum absolute atomic E-state index is 0.116. The second-order valence-corrected chi connectivity index (χ2v) is 4.08. The first-order valence-electron chi connectivity index (χ1n) is 5.40. The molecular weight excluding hydrogens is 253 g/mol. The highest BCUT2D eigenvalue weighted by molar-refractivity contribution is 7.80. The highest BCUT2D eigenvalue weighted by Crippen LogP contribution is 2.24. The molecule has 0 aliphatic rings. The molecule has 0 aliphatic heterocycles. The molecule has 94 valence electrons. The summed E-state index contributed by atoms with van der Waals surface area (Å²) in [5.74, 6) is 0.0917. The van der Waals surface area contributed by atoms with Crippen LogP contribution in [0, 0.1) is 5.82 Å². The Morgan fingerprint density at radius 2 is 2.33 bits per heavy atom. The Kier molecular flexibility index (Phi) is 3.57. The van der Waals surface area contributed by atoms with Crippen molar-refractivity contribution in [1.82, 2.24) is 9.78 Å². The first-order chi connectivity index (χ1) is 8.60. The summed E-state index contributed by atoms with van der Waals surface area (Å²) in [6.45, 7) is 2.68. The average molecular weight is 265 g/mol. The third-order valence-corrected chi connectivity index (χ3v) is 2.61. The number of halogens is 1. The predicted octanol–water partition coefficient (Wildman–Crippen LogP) is 2.47. The number of aryl methyl sites for hydroxylation is 1. The minimum Gasteiger partial charge on any atom is -0.451 e. The van der Waals surface area contributed by atoms with Crippen LogP contribution in [0.15, 0.2) is 30.6 Å². The number of hydrogen-bond donors (Lipinski definition) is 1. The molecule has 0 atom stereocenters. The van der Waals surface area contributed by atoms with Crippen LogP contribution in [-0.2, 0) is 6.54 Å². The number of hydrogen-bond acceptors (Lipinski definition) is 3. The molecule has 0 saturated carbocycles. The van der Waals surface area contributed by atoms with Gasteiger partial charge in [0, 0.05) is 12.1 Å². The van der Waals surface area contributed by atoms with Crippen LogP contribution >= 0.6 is 12.2 Å². The molecule has 2 N–H and O–H groups in total. The maximum absolute atomic E-state index is 13.7. The number of nitrogens with zero attached hydrogens (tertiary/aromatic N) is 2. The van der Waals surface area contributed by atoms with Crippen LogP contribution in [0.2, 0.25) is 0 Å².